The number of nitrogens with zero attached hydrogens (tertiary/aromatic N) is 3. The van der Waals surface area contributed by atoms with Crippen molar-refractivity contribution in [2.24, 2.45) is 0 Å². The minimum atomic E-state index is 0.0552. The Bertz CT molecular complexity index is 824. The molecule has 1 aromatic carbocycles. The van der Waals surface area contributed by atoms with Crippen LogP contribution in [0.4, 0.5) is 0 Å². The Morgan fingerprint density at radius 1 is 1.33 bits per heavy atom. The lowest BCUT2D eigenvalue weighted by atomic mass is 9.92. The van der Waals surface area contributed by atoms with Crippen LogP contribution in [-0.4, -0.2) is 40.4 Å². The van der Waals surface area contributed by atoms with Crippen LogP contribution in [0.5, 0.6) is 0 Å². The first-order valence-electron chi connectivity index (χ1n) is 9.94. The molecule has 2 aromatic rings. The molecule has 0 spiro atoms. The summed E-state index contributed by atoms with van der Waals surface area (Å²) in [6, 6.07) is 6.38. The van der Waals surface area contributed by atoms with Gasteiger partial charge in [0.1, 0.15) is 0 Å². The quantitative estimate of drug-likeness (QED) is 0.881. The van der Waals surface area contributed by atoms with E-state index in [9.17, 15) is 4.79 Å². The molecule has 2 heterocycles. The minimum absolute atomic E-state index is 0.0552. The van der Waals surface area contributed by atoms with Gasteiger partial charge in [0.25, 0.3) is 0 Å². The second-order valence-electron chi connectivity index (χ2n) is 7.56. The number of hydrogen-bond donors (Lipinski definition) is 1. The average molecular weight is 368 g/mol. The SMILES string of the molecule is Cc1cccc(-n2ncc3c2CCC[C@@H]3NC(=O)CCN2CCCO2)c1C. The molecule has 4 rings (SSSR count). The van der Waals surface area contributed by atoms with Crippen LogP contribution in [0.3, 0.4) is 0 Å². The third-order valence-corrected chi connectivity index (χ3v) is 5.74. The second kappa shape index (κ2) is 7.82. The summed E-state index contributed by atoms with van der Waals surface area (Å²) in [6.07, 6.45) is 6.48. The van der Waals surface area contributed by atoms with Crippen molar-refractivity contribution in [2.75, 3.05) is 19.7 Å². The number of hydroxylamine groups is 2. The van der Waals surface area contributed by atoms with Gasteiger partial charge in [0.05, 0.1) is 24.5 Å². The zero-order valence-corrected chi connectivity index (χ0v) is 16.2. The van der Waals surface area contributed by atoms with Crippen LogP contribution >= 0.6 is 0 Å². The van der Waals surface area contributed by atoms with Gasteiger partial charge in [0.15, 0.2) is 0 Å². The number of hydrogen-bond acceptors (Lipinski definition) is 4. The lowest BCUT2D eigenvalue weighted by Gasteiger charge is -2.25. The summed E-state index contributed by atoms with van der Waals surface area (Å²) in [5.74, 6) is 0.0860. The molecule has 0 radical (unpaired) electrons. The van der Waals surface area contributed by atoms with E-state index in [1.54, 1.807) is 0 Å². The fraction of sp³-hybridized carbons (Fsp3) is 0.524. The standard InChI is InChI=1S/C21H28N4O2/c1-15-6-3-8-19(16(15)2)25-20-9-4-7-18(17(20)14-22-25)23-21(26)10-12-24-11-5-13-27-24/h3,6,8,14,18H,4-5,7,9-13H2,1-2H3,(H,23,26)/t18-/m0/s1. The number of benzene rings is 1. The number of rotatable bonds is 5. The first-order valence-corrected chi connectivity index (χ1v) is 9.94. The maximum absolute atomic E-state index is 12.4. The van der Waals surface area contributed by atoms with Gasteiger partial charge in [0, 0.05) is 30.8 Å². The highest BCUT2D eigenvalue weighted by atomic mass is 16.7. The Morgan fingerprint density at radius 2 is 2.22 bits per heavy atom. The fourth-order valence-corrected chi connectivity index (χ4v) is 4.05. The van der Waals surface area contributed by atoms with Crippen LogP contribution in [0, 0.1) is 13.8 Å². The van der Waals surface area contributed by atoms with Gasteiger partial charge in [-0.25, -0.2) is 4.68 Å². The number of amides is 1. The maximum atomic E-state index is 12.4. The Morgan fingerprint density at radius 3 is 3.04 bits per heavy atom. The Balaban J connectivity index is 1.48. The number of aryl methyl sites for hydroxylation is 1. The van der Waals surface area contributed by atoms with E-state index in [2.05, 4.69) is 47.1 Å². The molecule has 0 saturated carbocycles. The van der Waals surface area contributed by atoms with Gasteiger partial charge in [-0.3, -0.25) is 9.63 Å². The summed E-state index contributed by atoms with van der Waals surface area (Å²) in [4.78, 5) is 17.9. The third kappa shape index (κ3) is 3.77. The molecule has 0 unspecified atom stereocenters. The van der Waals surface area contributed by atoms with E-state index in [0.717, 1.165) is 50.1 Å². The van der Waals surface area contributed by atoms with E-state index in [0.29, 0.717) is 13.0 Å². The van der Waals surface area contributed by atoms with Gasteiger partial charge in [-0.15, -0.1) is 0 Å². The van der Waals surface area contributed by atoms with Crippen molar-refractivity contribution in [2.45, 2.75) is 52.0 Å². The van der Waals surface area contributed by atoms with Crippen molar-refractivity contribution in [1.29, 1.82) is 0 Å². The zero-order valence-electron chi connectivity index (χ0n) is 16.2. The summed E-state index contributed by atoms with van der Waals surface area (Å²) in [6.45, 7) is 6.62. The lowest BCUT2D eigenvalue weighted by molar-refractivity contribution is -0.131. The highest BCUT2D eigenvalue weighted by Crippen LogP contribution is 2.32. The Hall–Kier alpha value is -2.18. The molecule has 6 nitrogen and oxygen atoms in total. The molecule has 144 valence electrons. The van der Waals surface area contributed by atoms with Crippen LogP contribution in [0.15, 0.2) is 24.4 Å². The first kappa shape index (κ1) is 18.2. The third-order valence-electron chi connectivity index (χ3n) is 5.74. The lowest BCUT2D eigenvalue weighted by Crippen LogP contribution is -2.33. The molecule has 1 aliphatic carbocycles. The van der Waals surface area contributed by atoms with Crippen LogP contribution in [0.2, 0.25) is 0 Å². The molecule has 1 aliphatic heterocycles. The van der Waals surface area contributed by atoms with E-state index in [1.165, 1.54) is 16.8 Å². The van der Waals surface area contributed by atoms with Crippen LogP contribution in [0.1, 0.15) is 54.1 Å². The molecule has 2 aliphatic rings. The highest BCUT2D eigenvalue weighted by molar-refractivity contribution is 5.76. The average Bonchev–Trinajstić information content (AvgIpc) is 3.33. The molecule has 1 aromatic heterocycles. The van der Waals surface area contributed by atoms with Gasteiger partial charge in [-0.05, 0) is 56.7 Å². The van der Waals surface area contributed by atoms with Gasteiger partial charge in [-0.2, -0.15) is 10.2 Å². The monoisotopic (exact) mass is 368 g/mol. The zero-order chi connectivity index (χ0) is 18.8. The molecule has 1 saturated heterocycles. The maximum Gasteiger partial charge on any atom is 0.221 e. The van der Waals surface area contributed by atoms with Crippen molar-refractivity contribution in [3.63, 3.8) is 0 Å². The van der Waals surface area contributed by atoms with E-state index < -0.39 is 0 Å². The number of fused-ring (bicyclic) bond motifs is 1. The molecule has 1 atom stereocenters. The second-order valence-corrected chi connectivity index (χ2v) is 7.56. The fourth-order valence-electron chi connectivity index (χ4n) is 4.05. The molecule has 1 amide bonds. The first-order chi connectivity index (χ1) is 13.1. The summed E-state index contributed by atoms with van der Waals surface area (Å²) in [7, 11) is 0. The molecule has 1 N–H and O–H groups in total. The predicted molar refractivity (Wildman–Crippen MR) is 104 cm³/mol. The summed E-state index contributed by atoms with van der Waals surface area (Å²) in [5.41, 5.74) is 6.03. The van der Waals surface area contributed by atoms with Crippen molar-refractivity contribution in [3.05, 3.63) is 46.8 Å². The van der Waals surface area contributed by atoms with Gasteiger partial charge in [-0.1, -0.05) is 12.1 Å². The van der Waals surface area contributed by atoms with E-state index in [1.807, 2.05) is 11.3 Å². The normalized spacial score (nSPS) is 19.9. The van der Waals surface area contributed by atoms with Crippen LogP contribution in [0.25, 0.3) is 5.69 Å². The van der Waals surface area contributed by atoms with E-state index in [-0.39, 0.29) is 11.9 Å². The van der Waals surface area contributed by atoms with E-state index >= 15 is 0 Å². The smallest absolute Gasteiger partial charge is 0.221 e. The number of carbonyl (C=O) groups excluding carboxylic acids is 1. The van der Waals surface area contributed by atoms with Gasteiger partial charge >= 0.3 is 0 Å². The van der Waals surface area contributed by atoms with Gasteiger partial charge < -0.3 is 5.32 Å². The molecular weight excluding hydrogens is 340 g/mol. The van der Waals surface area contributed by atoms with Crippen molar-refractivity contribution >= 4 is 5.91 Å². The highest BCUT2D eigenvalue weighted by Gasteiger charge is 2.26. The minimum Gasteiger partial charge on any atom is -0.349 e. The molecule has 1 fully saturated rings. The van der Waals surface area contributed by atoms with E-state index in [4.69, 9.17) is 4.84 Å². The van der Waals surface area contributed by atoms with Crippen LogP contribution < -0.4 is 5.32 Å². The molecule has 6 heteroatoms. The number of aromatic nitrogens is 2. The molecular formula is C21H28N4O2. The number of nitrogens with one attached hydrogen (secondary N) is 1. The topological polar surface area (TPSA) is 59.4 Å². The molecule has 0 bridgehead atoms. The predicted octanol–water partition coefficient (Wildman–Crippen LogP) is 3.01. The Kier molecular flexibility index (Phi) is 5.27. The summed E-state index contributed by atoms with van der Waals surface area (Å²) in [5, 5.41) is 9.78. The van der Waals surface area contributed by atoms with Crippen molar-refractivity contribution in [1.82, 2.24) is 20.2 Å². The van der Waals surface area contributed by atoms with Crippen molar-refractivity contribution < 1.29 is 9.63 Å². The van der Waals surface area contributed by atoms with Crippen molar-refractivity contribution in [3.8, 4) is 5.69 Å². The number of carbonyl (C=O) groups is 1. The largest absolute Gasteiger partial charge is 0.349 e. The molecule has 27 heavy (non-hydrogen) atoms. The summed E-state index contributed by atoms with van der Waals surface area (Å²) < 4.78 is 2.06. The van der Waals surface area contributed by atoms with Crippen LogP contribution in [-0.2, 0) is 16.1 Å². The summed E-state index contributed by atoms with van der Waals surface area (Å²) >= 11 is 0. The van der Waals surface area contributed by atoms with Gasteiger partial charge in [0.2, 0.25) is 5.91 Å². The Labute approximate surface area is 160 Å².